The van der Waals surface area contributed by atoms with Gasteiger partial charge in [-0.15, -0.1) is 6.42 Å². The van der Waals surface area contributed by atoms with Crippen LogP contribution in [0.5, 0.6) is 11.5 Å². The third-order valence-electron chi connectivity index (χ3n) is 19.0. The summed E-state index contributed by atoms with van der Waals surface area (Å²) in [5.74, 6) is 154. The van der Waals surface area contributed by atoms with Crippen LogP contribution in [-0.4, -0.2) is 88.1 Å². The highest BCUT2D eigenvalue weighted by atomic mass is 16.5. The molecule has 0 heterocycles. The van der Waals surface area contributed by atoms with Crippen LogP contribution in [0.3, 0.4) is 0 Å². The van der Waals surface area contributed by atoms with E-state index < -0.39 is 0 Å². The molecule has 11 heteroatoms. The van der Waals surface area contributed by atoms with Crippen LogP contribution in [0.1, 0.15) is 257 Å². The Balaban J connectivity index is 0.00000206. The molecule has 0 spiro atoms. The van der Waals surface area contributed by atoms with E-state index in [1.807, 2.05) is 62.6 Å². The Morgan fingerprint density at radius 3 is 0.770 bits per heavy atom. The number of likely N-dealkylation sites (N-methyl/N-ethyl adjacent to an activating group) is 2. The largest absolute Gasteiger partial charge is 0.492 e. The summed E-state index contributed by atoms with van der Waals surface area (Å²) in [6.07, 6.45) is 12.5. The molecule has 0 saturated carbocycles. The second-order valence-electron chi connectivity index (χ2n) is 38.2. The van der Waals surface area contributed by atoms with Crippen LogP contribution in [0.2, 0.25) is 0 Å². The van der Waals surface area contributed by atoms with E-state index in [1.165, 1.54) is 11.1 Å². The number of rotatable bonds is 27. The zero-order chi connectivity index (χ0) is 110. The number of Topliss-reactive ketones (excluding diaryl/α,β-unsaturated/α-hetero) is 2. The van der Waals surface area contributed by atoms with Gasteiger partial charge in [-0.1, -0.05) is 192 Å². The molecule has 4 rings (SSSR count). The molecule has 0 atom stereocenters. The first kappa shape index (κ1) is 129. The second-order valence-corrected chi connectivity index (χ2v) is 38.2. The van der Waals surface area contributed by atoms with Crippen molar-refractivity contribution in [1.29, 1.82) is 0 Å². The molecule has 2 amide bonds. The van der Waals surface area contributed by atoms with Gasteiger partial charge in [0.2, 0.25) is 0 Å². The van der Waals surface area contributed by atoms with Gasteiger partial charge in [-0.25, -0.2) is 0 Å². The summed E-state index contributed by atoms with van der Waals surface area (Å²) < 4.78 is 17.0. The van der Waals surface area contributed by atoms with Crippen molar-refractivity contribution in [2.24, 2.45) is 27.1 Å². The standard InChI is InChI=1S/C63H4.C20H34N2O3.C19H30O.C18H28O.C17H28N2O2/c1-3-5-7-9-11-13-15-17-19-21-23-25-27-29-31-33-35-37-39-41-43-45-47-49-51-53-55-57-59-61-63-62-60-58-56-54-52-50-48-46-44-42-40-38-36-34-32-30-28-26-24-22-20-18-16-14-12-10-8-6-4-2;1-19(2,3)11-13-24-14-12-22-18(23)16-7-9-17(10-8-16)25-15-20(4,5)21-6;1-7-19(5,6)13-12-17(20)16-10-8-15(9-11-16)14-18(2,3)4;1-7-18(5,6)13-12-16(19)14-8-10-15(11-9-14)17(2,3)4;1-16(2,3)11-19-15(20)13-7-9-14(10-8-13)21-12-17(4,5)18-6/h1H,2H3;7-10,21H,11-15H2,1-6H3,(H,22,23);8-11H,7,12-14H2,1-6H3;8-11H,7,12-13H2,1-6H3;7-10,18H,11-12H2,1-6H3,(H,19,20). The minimum atomic E-state index is -0.0958. The summed E-state index contributed by atoms with van der Waals surface area (Å²) in [6, 6.07) is 30.7. The fourth-order valence-corrected chi connectivity index (χ4v) is 9.35. The highest BCUT2D eigenvalue weighted by Gasteiger charge is 2.23. The van der Waals surface area contributed by atoms with Gasteiger partial charge in [0.1, 0.15) is 24.7 Å². The van der Waals surface area contributed by atoms with E-state index in [2.05, 4.69) is 559 Å². The van der Waals surface area contributed by atoms with Crippen molar-refractivity contribution in [2.45, 2.75) is 227 Å². The minimum Gasteiger partial charge on any atom is -0.492 e. The lowest BCUT2D eigenvalue weighted by atomic mass is 9.83. The van der Waals surface area contributed by atoms with Crippen molar-refractivity contribution >= 4 is 23.4 Å². The van der Waals surface area contributed by atoms with Crippen molar-refractivity contribution < 1.29 is 33.4 Å². The van der Waals surface area contributed by atoms with Crippen LogP contribution in [0, 0.1) is 395 Å². The lowest BCUT2D eigenvalue weighted by Gasteiger charge is -2.24. The Morgan fingerprint density at radius 2 is 0.541 bits per heavy atom. The van der Waals surface area contributed by atoms with Crippen LogP contribution in [0.4, 0.5) is 0 Å². The van der Waals surface area contributed by atoms with E-state index in [-0.39, 0.29) is 66.9 Å². The Morgan fingerprint density at radius 1 is 0.291 bits per heavy atom. The Bertz CT molecular complexity index is 7480. The Kier molecular flexibility index (Phi) is 67.7. The molecule has 148 heavy (non-hydrogen) atoms. The topological polar surface area (TPSA) is 144 Å². The van der Waals surface area contributed by atoms with Crippen LogP contribution in [0.25, 0.3) is 0 Å². The van der Waals surface area contributed by atoms with E-state index in [4.69, 9.17) is 20.6 Å². The molecule has 0 saturated heterocycles. The number of amides is 2. The maximum absolute atomic E-state index is 12.2. The maximum atomic E-state index is 12.2. The average Bonchev–Trinajstić information content (AvgIpc) is 0.848. The fourth-order valence-electron chi connectivity index (χ4n) is 9.35. The monoisotopic (exact) mass is 1940 g/mol. The van der Waals surface area contributed by atoms with Crippen molar-refractivity contribution in [3.8, 4) is 379 Å². The first-order valence-electron chi connectivity index (χ1n) is 47.1. The number of benzene rings is 4. The zero-order valence-electron chi connectivity index (χ0n) is 90.1. The number of terminal acetylenes is 1. The molecule has 4 N–H and O–H groups in total. The van der Waals surface area contributed by atoms with E-state index >= 15 is 0 Å². The summed E-state index contributed by atoms with van der Waals surface area (Å²) in [6.45, 7) is 52.9. The summed E-state index contributed by atoms with van der Waals surface area (Å²) in [4.78, 5) is 48.5. The molecule has 0 aliphatic carbocycles. The molecule has 0 unspecified atom stereocenters. The third-order valence-corrected chi connectivity index (χ3v) is 19.0. The first-order valence-corrected chi connectivity index (χ1v) is 47.1. The lowest BCUT2D eigenvalue weighted by molar-refractivity contribution is 0.0882. The highest BCUT2D eigenvalue weighted by Crippen LogP contribution is 2.30. The first-order chi connectivity index (χ1) is 70.5. The van der Waals surface area contributed by atoms with E-state index in [0.29, 0.717) is 63.5 Å². The highest BCUT2D eigenvalue weighted by molar-refractivity contribution is 5.97. The number of carbonyl (C=O) groups is 4. The van der Waals surface area contributed by atoms with E-state index in [1.54, 1.807) is 31.2 Å². The van der Waals surface area contributed by atoms with Gasteiger partial charge in [0.25, 0.3) is 11.8 Å². The summed E-state index contributed by atoms with van der Waals surface area (Å²) in [7, 11) is 3.82. The van der Waals surface area contributed by atoms with Crippen molar-refractivity contribution in [1.82, 2.24) is 21.3 Å². The SMILES string of the molecule is C#CC#CC#CC#CC#CC#CC#CC#CC#CC#CC#CC#CC#CC#CC#CC#CC#CC#CC#CC#CC#CC#CC#CC#CC#CC#CC#CC#CC#CC#CC#CC.CCC(C)(C)CCC(=O)c1ccc(C(C)(C)C)cc1.CCC(C)(C)CCC(=O)c1ccc(CC(C)(C)C)cc1.CNC(C)(C)COc1ccc(C(=O)NCC(C)(C)C)cc1.CNC(C)(C)COc1ccc(C(=O)NCCOCCC(C)(C)C)cc1. The summed E-state index contributed by atoms with van der Waals surface area (Å²) in [5, 5.41) is 12.2. The smallest absolute Gasteiger partial charge is 0.251 e. The molecule has 0 aliphatic rings. The van der Waals surface area contributed by atoms with Gasteiger partial charge in [0.15, 0.2) is 11.6 Å². The van der Waals surface area contributed by atoms with Crippen molar-refractivity contribution in [2.75, 3.05) is 53.6 Å². The van der Waals surface area contributed by atoms with Gasteiger partial charge >= 0.3 is 0 Å². The molecule has 0 aliphatic heterocycles. The van der Waals surface area contributed by atoms with Crippen molar-refractivity contribution in [3.05, 3.63) is 130 Å². The quantitative estimate of drug-likeness (QED) is 0.0261. The molecule has 0 aromatic heterocycles. The van der Waals surface area contributed by atoms with E-state index in [0.717, 1.165) is 61.2 Å². The van der Waals surface area contributed by atoms with Crippen LogP contribution in [0.15, 0.2) is 97.1 Å². The molecule has 0 fully saturated rings. The second kappa shape index (κ2) is 77.7. The van der Waals surface area contributed by atoms with Gasteiger partial charge in [0, 0.05) is 326 Å². The predicted octanol–water partition coefficient (Wildman–Crippen LogP) is 17.9. The van der Waals surface area contributed by atoms with Gasteiger partial charge in [-0.3, -0.25) is 19.2 Å². The Hall–Kier alpha value is -19.0. The van der Waals surface area contributed by atoms with Crippen LogP contribution >= 0.6 is 0 Å². The zero-order valence-corrected chi connectivity index (χ0v) is 90.1. The number of ketones is 2. The lowest BCUT2D eigenvalue weighted by Crippen LogP contribution is -2.42. The molecule has 4 aromatic carbocycles. The molecular weight excluding hydrogens is 1810 g/mol. The summed E-state index contributed by atoms with van der Waals surface area (Å²) >= 11 is 0. The molecule has 734 valence electrons. The number of carbonyl (C=O) groups excluding carboxylic acids is 4. The number of nitrogens with one attached hydrogen (secondary N) is 4. The molecular formula is C137H124N4O7. The van der Waals surface area contributed by atoms with Crippen LogP contribution < -0.4 is 30.7 Å². The number of hydrogen-bond acceptors (Lipinski definition) is 9. The fraction of sp³-hybridized carbons (Fsp3) is 0.343. The van der Waals surface area contributed by atoms with Gasteiger partial charge in [-0.2, -0.15) is 0 Å². The number of ether oxygens (including phenoxy) is 3. The van der Waals surface area contributed by atoms with E-state index in [9.17, 15) is 19.2 Å². The molecule has 0 radical (unpaired) electrons. The Labute approximate surface area is 889 Å². The molecule has 0 bridgehead atoms. The van der Waals surface area contributed by atoms with Gasteiger partial charge in [-0.05, 0) is 261 Å². The molecule has 4 aromatic rings. The minimum absolute atomic E-state index is 0.0490. The summed E-state index contributed by atoms with van der Waals surface area (Å²) in [5.41, 5.74) is 6.70. The maximum Gasteiger partial charge on any atom is 0.251 e. The number of hydrogen-bond donors (Lipinski definition) is 4. The normalized spacial score (nSPS) is 8.73. The van der Waals surface area contributed by atoms with Crippen molar-refractivity contribution in [3.63, 3.8) is 0 Å². The van der Waals surface area contributed by atoms with Gasteiger partial charge in [0.05, 0.1) is 6.61 Å². The molecule has 11 nitrogen and oxygen atoms in total. The third kappa shape index (κ3) is 78.8. The average molecular weight is 1940 g/mol. The van der Waals surface area contributed by atoms with Gasteiger partial charge < -0.3 is 35.5 Å². The van der Waals surface area contributed by atoms with Crippen LogP contribution in [-0.2, 0) is 16.6 Å². The predicted molar refractivity (Wildman–Crippen MR) is 607 cm³/mol.